The Kier molecular flexibility index (Phi) is 5.28. The summed E-state index contributed by atoms with van der Waals surface area (Å²) in [5, 5.41) is 7.95. The highest BCUT2D eigenvalue weighted by Crippen LogP contribution is 2.18. The van der Waals surface area contributed by atoms with E-state index >= 15 is 0 Å². The Morgan fingerprint density at radius 3 is 2.94 bits per heavy atom. The van der Waals surface area contributed by atoms with Crippen LogP contribution in [0.1, 0.15) is 25.1 Å². The third-order valence-corrected chi connectivity index (χ3v) is 3.23. The largest absolute Gasteiger partial charge is 0.398 e. The lowest BCUT2D eigenvalue weighted by Gasteiger charge is -2.13. The second-order valence-electron chi connectivity index (χ2n) is 3.69. The monoisotopic (exact) mass is 241 g/mol. The minimum Gasteiger partial charge on any atom is -0.398 e. The van der Waals surface area contributed by atoms with Crippen LogP contribution in [0.3, 0.4) is 0 Å². The molecule has 90 valence electrons. The van der Waals surface area contributed by atoms with Crippen LogP contribution in [0.2, 0.25) is 0 Å². The molecule has 0 aromatic carbocycles. The van der Waals surface area contributed by atoms with Crippen molar-refractivity contribution in [1.82, 2.24) is 10.6 Å². The molecular weight excluding hydrogens is 222 g/mol. The number of nitrogens with two attached hydrogens (primary N) is 1. The van der Waals surface area contributed by atoms with Crippen LogP contribution in [0.25, 0.3) is 0 Å². The van der Waals surface area contributed by atoms with Gasteiger partial charge in [0, 0.05) is 23.7 Å². The van der Waals surface area contributed by atoms with Crippen LogP contribution in [0.5, 0.6) is 0 Å². The zero-order chi connectivity index (χ0) is 12.0. The average molecular weight is 241 g/mol. The Hall–Kier alpha value is -1.07. The number of hydrogen-bond acceptors (Lipinski definition) is 4. The van der Waals surface area contributed by atoms with Gasteiger partial charge in [0.05, 0.1) is 6.04 Å². The summed E-state index contributed by atoms with van der Waals surface area (Å²) in [7, 11) is 0. The van der Waals surface area contributed by atoms with Crippen LogP contribution in [0.4, 0.5) is 5.69 Å². The molecule has 0 saturated heterocycles. The molecule has 0 aliphatic rings. The third-order valence-electron chi connectivity index (χ3n) is 2.29. The van der Waals surface area contributed by atoms with Gasteiger partial charge in [-0.2, -0.15) is 0 Å². The summed E-state index contributed by atoms with van der Waals surface area (Å²) in [5.41, 5.74) is 6.54. The van der Waals surface area contributed by atoms with Gasteiger partial charge in [-0.3, -0.25) is 4.79 Å². The van der Waals surface area contributed by atoms with Crippen LogP contribution in [-0.4, -0.2) is 18.5 Å². The van der Waals surface area contributed by atoms with Gasteiger partial charge in [0.25, 0.3) is 0 Å². The van der Waals surface area contributed by atoms with E-state index in [0.29, 0.717) is 6.54 Å². The lowest BCUT2D eigenvalue weighted by molar-refractivity contribution is -0.122. The van der Waals surface area contributed by atoms with Gasteiger partial charge >= 0.3 is 0 Å². The molecule has 0 fully saturated rings. The van der Waals surface area contributed by atoms with Crippen LogP contribution in [0.15, 0.2) is 11.4 Å². The number of hydrogen-bond donors (Lipinski definition) is 3. The van der Waals surface area contributed by atoms with Gasteiger partial charge < -0.3 is 16.4 Å². The highest BCUT2D eigenvalue weighted by atomic mass is 32.1. The molecule has 5 heteroatoms. The summed E-state index contributed by atoms with van der Waals surface area (Å²) in [6, 6.07) is 1.69. The van der Waals surface area contributed by atoms with Crippen molar-refractivity contribution in [2.24, 2.45) is 0 Å². The molecule has 1 aromatic heterocycles. The Morgan fingerprint density at radius 2 is 2.38 bits per heavy atom. The lowest BCUT2D eigenvalue weighted by Crippen LogP contribution is -2.42. The van der Waals surface area contributed by atoms with Gasteiger partial charge in [0.2, 0.25) is 5.91 Å². The average Bonchev–Trinajstić information content (AvgIpc) is 2.68. The number of carbonyl (C=O) groups excluding carboxylic acids is 1. The fraction of sp³-hybridized carbons (Fsp3) is 0.545. The van der Waals surface area contributed by atoms with Crippen molar-refractivity contribution in [3.05, 3.63) is 16.3 Å². The molecule has 1 atom stereocenters. The summed E-state index contributed by atoms with van der Waals surface area (Å²) in [5.74, 6) is 0.0389. The first kappa shape index (κ1) is 13.0. The fourth-order valence-corrected chi connectivity index (χ4v) is 1.98. The van der Waals surface area contributed by atoms with Crippen LogP contribution < -0.4 is 16.4 Å². The van der Waals surface area contributed by atoms with E-state index in [4.69, 9.17) is 5.73 Å². The van der Waals surface area contributed by atoms with Gasteiger partial charge in [-0.1, -0.05) is 6.92 Å². The lowest BCUT2D eigenvalue weighted by atomic mass is 10.3. The Bertz CT molecular complexity index is 338. The van der Waals surface area contributed by atoms with Crippen molar-refractivity contribution in [1.29, 1.82) is 0 Å². The summed E-state index contributed by atoms with van der Waals surface area (Å²) < 4.78 is 0. The molecule has 0 bridgehead atoms. The summed E-state index contributed by atoms with van der Waals surface area (Å²) in [4.78, 5) is 12.6. The molecule has 1 rings (SSSR count). The number of nitrogen functional groups attached to an aromatic ring is 1. The van der Waals surface area contributed by atoms with E-state index < -0.39 is 0 Å². The molecule has 4 N–H and O–H groups in total. The number of thiophene rings is 1. The zero-order valence-corrected chi connectivity index (χ0v) is 10.6. The first-order chi connectivity index (χ1) is 7.65. The van der Waals surface area contributed by atoms with Crippen LogP contribution >= 0.6 is 11.3 Å². The van der Waals surface area contributed by atoms with E-state index in [1.165, 1.54) is 0 Å². The van der Waals surface area contributed by atoms with E-state index in [-0.39, 0.29) is 11.9 Å². The fourth-order valence-electron chi connectivity index (χ4n) is 1.23. The normalized spacial score (nSPS) is 12.4. The van der Waals surface area contributed by atoms with Crippen molar-refractivity contribution < 1.29 is 4.79 Å². The number of rotatable bonds is 6. The summed E-state index contributed by atoms with van der Waals surface area (Å²) in [6.07, 6.45) is 0.955. The van der Waals surface area contributed by atoms with E-state index in [2.05, 4.69) is 10.6 Å². The molecular formula is C11H19N3OS. The maximum Gasteiger partial charge on any atom is 0.236 e. The van der Waals surface area contributed by atoms with Crippen molar-refractivity contribution in [3.63, 3.8) is 0 Å². The molecule has 1 heterocycles. The third kappa shape index (κ3) is 3.83. The quantitative estimate of drug-likeness (QED) is 0.704. The topological polar surface area (TPSA) is 67.2 Å². The standard InChI is InChI=1S/C11H19N3OS/c1-3-5-13-11(15)8(2)14-7-10-9(12)4-6-16-10/h4,6,8,14H,3,5,7,12H2,1-2H3,(H,13,15). The van der Waals surface area contributed by atoms with Crippen LogP contribution in [0, 0.1) is 0 Å². The molecule has 0 saturated carbocycles. The predicted octanol–water partition coefficient (Wildman–Crippen LogP) is 1.33. The molecule has 16 heavy (non-hydrogen) atoms. The Balaban J connectivity index is 2.32. The molecule has 0 aliphatic heterocycles. The molecule has 1 amide bonds. The first-order valence-corrected chi connectivity index (χ1v) is 6.36. The highest BCUT2D eigenvalue weighted by Gasteiger charge is 2.11. The van der Waals surface area contributed by atoms with Crippen molar-refractivity contribution in [2.45, 2.75) is 32.9 Å². The van der Waals surface area contributed by atoms with E-state index in [1.54, 1.807) is 11.3 Å². The molecule has 1 unspecified atom stereocenters. The van der Waals surface area contributed by atoms with Crippen LogP contribution in [-0.2, 0) is 11.3 Å². The molecule has 0 aliphatic carbocycles. The number of amides is 1. The minimum absolute atomic E-state index is 0.0389. The van der Waals surface area contributed by atoms with Crippen molar-refractivity contribution in [2.75, 3.05) is 12.3 Å². The maximum atomic E-state index is 11.5. The van der Waals surface area contributed by atoms with Gasteiger partial charge in [-0.05, 0) is 24.8 Å². The number of nitrogens with one attached hydrogen (secondary N) is 2. The minimum atomic E-state index is -0.187. The van der Waals surface area contributed by atoms with Gasteiger partial charge in [0.15, 0.2) is 0 Å². The highest BCUT2D eigenvalue weighted by molar-refractivity contribution is 7.10. The number of anilines is 1. The maximum absolute atomic E-state index is 11.5. The summed E-state index contributed by atoms with van der Waals surface area (Å²) >= 11 is 1.60. The van der Waals surface area contributed by atoms with Gasteiger partial charge in [-0.15, -0.1) is 11.3 Å². The van der Waals surface area contributed by atoms with E-state index in [1.807, 2.05) is 25.3 Å². The van der Waals surface area contributed by atoms with Crippen molar-refractivity contribution >= 4 is 22.9 Å². The van der Waals surface area contributed by atoms with Gasteiger partial charge in [0.1, 0.15) is 0 Å². The molecule has 4 nitrogen and oxygen atoms in total. The van der Waals surface area contributed by atoms with E-state index in [0.717, 1.165) is 23.5 Å². The first-order valence-electron chi connectivity index (χ1n) is 5.48. The van der Waals surface area contributed by atoms with Crippen molar-refractivity contribution in [3.8, 4) is 0 Å². The summed E-state index contributed by atoms with van der Waals surface area (Å²) in [6.45, 7) is 5.26. The molecule has 0 radical (unpaired) electrons. The van der Waals surface area contributed by atoms with E-state index in [9.17, 15) is 4.79 Å². The Morgan fingerprint density at radius 1 is 1.62 bits per heavy atom. The SMILES string of the molecule is CCCNC(=O)C(C)NCc1sccc1N. The Labute approximate surface area is 100 Å². The second kappa shape index (κ2) is 6.50. The second-order valence-corrected chi connectivity index (χ2v) is 4.69. The predicted molar refractivity (Wildman–Crippen MR) is 68.3 cm³/mol. The zero-order valence-electron chi connectivity index (χ0n) is 9.75. The smallest absolute Gasteiger partial charge is 0.236 e. The van der Waals surface area contributed by atoms with Gasteiger partial charge in [-0.25, -0.2) is 0 Å². The number of carbonyl (C=O) groups is 1. The molecule has 1 aromatic rings. The molecule has 0 spiro atoms.